The molecule has 0 spiro atoms. The third-order valence-corrected chi connectivity index (χ3v) is 9.33. The minimum Gasteiger partial charge on any atom is -0.360 e. The van der Waals surface area contributed by atoms with Crippen LogP contribution >= 0.6 is 0 Å². The van der Waals surface area contributed by atoms with Crippen molar-refractivity contribution in [2.75, 3.05) is 11.9 Å². The molecular formula is C24H35N5O5SSi. The summed E-state index contributed by atoms with van der Waals surface area (Å²) in [4.78, 5) is 26.4. The molecule has 2 aromatic rings. The van der Waals surface area contributed by atoms with E-state index in [1.54, 1.807) is 15.6 Å². The third kappa shape index (κ3) is 5.88. The summed E-state index contributed by atoms with van der Waals surface area (Å²) in [6, 6.07) is 5.91. The van der Waals surface area contributed by atoms with Crippen LogP contribution in [0.2, 0.25) is 25.7 Å². The Hall–Kier alpha value is -2.54. The number of nitrogens with zero attached hydrogens (tertiary/aromatic N) is 3. The fourth-order valence-electron chi connectivity index (χ4n) is 4.49. The Balaban J connectivity index is 1.73. The number of primary sulfonamides is 1. The van der Waals surface area contributed by atoms with E-state index in [1.807, 2.05) is 13.0 Å². The number of hydrogen-bond acceptors (Lipinski definition) is 6. The van der Waals surface area contributed by atoms with Crippen molar-refractivity contribution >= 4 is 35.7 Å². The van der Waals surface area contributed by atoms with E-state index < -0.39 is 18.1 Å². The average Bonchev–Trinajstić information content (AvgIpc) is 3.45. The van der Waals surface area contributed by atoms with Crippen LogP contribution in [0.4, 0.5) is 5.82 Å². The zero-order valence-corrected chi connectivity index (χ0v) is 23.3. The smallest absolute Gasteiger partial charge is 0.256 e. The minimum atomic E-state index is -4.18. The molecular weight excluding hydrogens is 498 g/mol. The first-order valence-electron chi connectivity index (χ1n) is 12.2. The molecule has 4 rings (SSSR count). The van der Waals surface area contributed by atoms with Crippen LogP contribution in [0.3, 0.4) is 0 Å². The van der Waals surface area contributed by atoms with Gasteiger partial charge in [0.2, 0.25) is 15.9 Å². The molecule has 36 heavy (non-hydrogen) atoms. The Bertz CT molecular complexity index is 1300. The molecule has 12 heteroatoms. The lowest BCUT2D eigenvalue weighted by atomic mass is 10.0. The second-order valence-corrected chi connectivity index (χ2v) is 18.2. The number of carbonyl (C=O) groups is 2. The summed E-state index contributed by atoms with van der Waals surface area (Å²) < 4.78 is 32.7. The monoisotopic (exact) mass is 533 g/mol. The molecule has 1 aliphatic carbocycles. The number of nitrogens with two attached hydrogens (primary N) is 1. The van der Waals surface area contributed by atoms with Gasteiger partial charge in [-0.15, -0.1) is 0 Å². The number of hydrogen-bond donors (Lipinski definition) is 2. The number of aromatic nitrogens is 2. The van der Waals surface area contributed by atoms with E-state index in [2.05, 4.69) is 30.1 Å². The van der Waals surface area contributed by atoms with E-state index in [1.165, 1.54) is 13.0 Å². The Labute approximate surface area is 213 Å². The number of amides is 2. The summed E-state index contributed by atoms with van der Waals surface area (Å²) in [6.07, 6.45) is 2.13. The first-order chi connectivity index (χ1) is 16.7. The fraction of sp³-hybridized carbons (Fsp3) is 0.542. The van der Waals surface area contributed by atoms with Crippen molar-refractivity contribution in [3.05, 3.63) is 29.3 Å². The fourth-order valence-corrected chi connectivity index (χ4v) is 6.04. The van der Waals surface area contributed by atoms with Crippen molar-refractivity contribution in [3.63, 3.8) is 0 Å². The van der Waals surface area contributed by atoms with Gasteiger partial charge in [-0.25, -0.2) is 18.2 Å². The Morgan fingerprint density at radius 1 is 1.28 bits per heavy atom. The highest BCUT2D eigenvalue weighted by molar-refractivity contribution is 7.89. The van der Waals surface area contributed by atoms with Crippen molar-refractivity contribution < 1.29 is 22.7 Å². The van der Waals surface area contributed by atoms with Crippen LogP contribution in [0, 0.1) is 5.92 Å². The molecule has 1 saturated carbocycles. The second-order valence-electron chi connectivity index (χ2n) is 11.0. The van der Waals surface area contributed by atoms with Gasteiger partial charge in [-0.2, -0.15) is 5.10 Å². The van der Waals surface area contributed by atoms with Crippen molar-refractivity contribution in [1.29, 1.82) is 0 Å². The number of carbonyl (C=O) groups excluding carboxylic acids is 2. The summed E-state index contributed by atoms with van der Waals surface area (Å²) in [7, 11) is -5.47. The van der Waals surface area contributed by atoms with E-state index in [-0.39, 0.29) is 35.0 Å². The van der Waals surface area contributed by atoms with Gasteiger partial charge in [0.1, 0.15) is 6.73 Å². The second kappa shape index (κ2) is 9.73. The van der Waals surface area contributed by atoms with Crippen LogP contribution in [0.1, 0.15) is 42.6 Å². The maximum Gasteiger partial charge on any atom is 0.256 e. The molecule has 3 N–H and O–H groups in total. The minimum absolute atomic E-state index is 0.0262. The summed E-state index contributed by atoms with van der Waals surface area (Å²) in [5.74, 6) is 0.182. The maximum absolute atomic E-state index is 13.3. The molecule has 0 bridgehead atoms. The standard InChI is InChI=1S/C24H35N5O5SSi/c1-15(17-6-7-17)28-13-19-10-18(11-21(35(25,32)33)23(19)24(28)31)20-12-22(26-16(2)30)27-29(20)14-34-8-9-36(3,4)5/h10-12,15,17H,6-9,13-14H2,1-5H3,(H2,25,32,33)(H,26,27,30)/t15-/m0/s1. The predicted octanol–water partition coefficient (Wildman–Crippen LogP) is 3.22. The topological polar surface area (TPSA) is 137 Å². The van der Waals surface area contributed by atoms with Crippen molar-refractivity contribution in [3.8, 4) is 11.3 Å². The zero-order valence-electron chi connectivity index (χ0n) is 21.5. The molecule has 1 aromatic heterocycles. The van der Waals surface area contributed by atoms with Crippen LogP contribution in [0.25, 0.3) is 11.3 Å². The Kier molecular flexibility index (Phi) is 7.17. The normalized spacial score (nSPS) is 16.8. The van der Waals surface area contributed by atoms with Gasteiger partial charge < -0.3 is 15.0 Å². The molecule has 0 saturated heterocycles. The molecule has 2 aliphatic rings. The Morgan fingerprint density at radius 3 is 2.56 bits per heavy atom. The zero-order chi connectivity index (χ0) is 26.4. The van der Waals surface area contributed by atoms with Gasteiger partial charge in [0, 0.05) is 45.8 Å². The van der Waals surface area contributed by atoms with Gasteiger partial charge in [-0.3, -0.25) is 9.59 Å². The van der Waals surface area contributed by atoms with Gasteiger partial charge in [0.25, 0.3) is 5.91 Å². The summed E-state index contributed by atoms with van der Waals surface area (Å²) in [5.41, 5.74) is 1.85. The van der Waals surface area contributed by atoms with Crippen LogP contribution in [0.5, 0.6) is 0 Å². The summed E-state index contributed by atoms with van der Waals surface area (Å²) in [6.45, 7) is 11.2. The number of sulfonamides is 1. The molecule has 2 amide bonds. The van der Waals surface area contributed by atoms with Crippen LogP contribution in [-0.4, -0.2) is 55.6 Å². The van der Waals surface area contributed by atoms with E-state index in [4.69, 9.17) is 9.88 Å². The lowest BCUT2D eigenvalue weighted by molar-refractivity contribution is -0.114. The summed E-state index contributed by atoms with van der Waals surface area (Å²) in [5, 5.41) is 12.7. The molecule has 1 aromatic carbocycles. The largest absolute Gasteiger partial charge is 0.360 e. The van der Waals surface area contributed by atoms with Crippen LogP contribution in [0.15, 0.2) is 23.1 Å². The third-order valence-electron chi connectivity index (χ3n) is 6.69. The highest BCUT2D eigenvalue weighted by Crippen LogP contribution is 2.40. The average molecular weight is 534 g/mol. The number of benzene rings is 1. The molecule has 1 aliphatic heterocycles. The van der Waals surface area contributed by atoms with Gasteiger partial charge in [0.15, 0.2) is 5.82 Å². The van der Waals surface area contributed by atoms with E-state index >= 15 is 0 Å². The maximum atomic E-state index is 13.3. The number of nitrogens with one attached hydrogen (secondary N) is 1. The van der Waals surface area contributed by atoms with Crippen LogP contribution in [-0.2, 0) is 32.8 Å². The predicted molar refractivity (Wildman–Crippen MR) is 140 cm³/mol. The number of ether oxygens (including phenoxy) is 1. The highest BCUT2D eigenvalue weighted by atomic mass is 32.2. The molecule has 1 fully saturated rings. The first kappa shape index (κ1) is 26.5. The Morgan fingerprint density at radius 2 is 1.97 bits per heavy atom. The molecule has 10 nitrogen and oxygen atoms in total. The SMILES string of the molecule is CC(=O)Nc1cc(-c2cc3c(c(S(N)(=O)=O)c2)C(=O)N([C@@H](C)C2CC2)C3)n(COCC[Si](C)(C)C)n1. The van der Waals surface area contributed by atoms with Gasteiger partial charge >= 0.3 is 0 Å². The number of rotatable bonds is 10. The molecule has 0 unspecified atom stereocenters. The van der Waals surface area contributed by atoms with Gasteiger partial charge in [0.05, 0.1) is 16.2 Å². The first-order valence-corrected chi connectivity index (χ1v) is 17.4. The van der Waals surface area contributed by atoms with Gasteiger partial charge in [-0.1, -0.05) is 19.6 Å². The number of anilines is 1. The van der Waals surface area contributed by atoms with Gasteiger partial charge in [-0.05, 0) is 49.4 Å². The molecule has 196 valence electrons. The van der Waals surface area contributed by atoms with E-state index in [9.17, 15) is 18.0 Å². The molecule has 0 radical (unpaired) electrons. The number of fused-ring (bicyclic) bond motifs is 1. The van der Waals surface area contributed by atoms with Crippen molar-refractivity contribution in [2.45, 2.75) is 76.6 Å². The quantitative estimate of drug-likeness (QED) is 0.355. The lowest BCUT2D eigenvalue weighted by Crippen LogP contribution is -2.35. The van der Waals surface area contributed by atoms with E-state index in [0.717, 1.165) is 18.9 Å². The highest BCUT2D eigenvalue weighted by Gasteiger charge is 2.41. The van der Waals surface area contributed by atoms with Crippen molar-refractivity contribution in [2.24, 2.45) is 11.1 Å². The van der Waals surface area contributed by atoms with E-state index in [0.29, 0.717) is 41.7 Å². The molecule has 1 atom stereocenters. The van der Waals surface area contributed by atoms with Crippen molar-refractivity contribution in [1.82, 2.24) is 14.7 Å². The summed E-state index contributed by atoms with van der Waals surface area (Å²) >= 11 is 0. The lowest BCUT2D eigenvalue weighted by Gasteiger charge is -2.24. The van der Waals surface area contributed by atoms with Crippen LogP contribution < -0.4 is 10.5 Å². The molecule has 2 heterocycles.